The summed E-state index contributed by atoms with van der Waals surface area (Å²) in [4.78, 5) is 25.8. The minimum Gasteiger partial charge on any atom is -0.475 e. The highest BCUT2D eigenvalue weighted by Crippen LogP contribution is 2.38. The van der Waals surface area contributed by atoms with Crippen molar-refractivity contribution in [3.05, 3.63) is 35.6 Å². The Balaban J connectivity index is 0.000000406. The molecule has 1 N–H and O–H groups in total. The summed E-state index contributed by atoms with van der Waals surface area (Å²) in [7, 11) is -3.19. The number of morpholine rings is 1. The van der Waals surface area contributed by atoms with E-state index in [4.69, 9.17) is 14.6 Å². The molecule has 0 bridgehead atoms. The maximum absolute atomic E-state index is 13.1. The van der Waals surface area contributed by atoms with Gasteiger partial charge in [-0.1, -0.05) is 12.1 Å². The number of hydrogen-bond acceptors (Lipinski definition) is 6. The van der Waals surface area contributed by atoms with Crippen molar-refractivity contribution in [2.24, 2.45) is 11.8 Å². The number of nitrogens with zero attached hydrogens (tertiary/aromatic N) is 2. The zero-order valence-corrected chi connectivity index (χ0v) is 19.0. The number of rotatable bonds is 3. The first-order valence-electron chi connectivity index (χ1n) is 10.7. The highest BCUT2D eigenvalue weighted by molar-refractivity contribution is 7.92. The number of benzene rings is 1. The Bertz CT molecular complexity index is 980. The summed E-state index contributed by atoms with van der Waals surface area (Å²) in [6.07, 6.45) is -4.68. The second kappa shape index (κ2) is 10.6. The fourth-order valence-corrected chi connectivity index (χ4v) is 6.74. The van der Waals surface area contributed by atoms with Crippen molar-refractivity contribution in [3.8, 4) is 0 Å². The number of carboxylic acids is 1. The molecule has 3 fully saturated rings. The van der Waals surface area contributed by atoms with Crippen molar-refractivity contribution in [3.63, 3.8) is 0 Å². The fourth-order valence-electron chi connectivity index (χ4n) is 4.60. The first-order valence-corrected chi connectivity index (χ1v) is 12.4. The largest absolute Gasteiger partial charge is 0.490 e. The van der Waals surface area contributed by atoms with Gasteiger partial charge in [0.1, 0.15) is 5.82 Å². The number of sulfone groups is 1. The lowest BCUT2D eigenvalue weighted by atomic mass is 9.87. The molecule has 1 aromatic rings. The first kappa shape index (κ1) is 26.4. The number of carbonyl (C=O) groups is 2. The molecule has 1 amide bonds. The molecule has 4 rings (SSSR count). The van der Waals surface area contributed by atoms with Crippen LogP contribution in [0, 0.1) is 17.7 Å². The number of halogens is 4. The molecule has 3 aliphatic rings. The van der Waals surface area contributed by atoms with Gasteiger partial charge in [-0.15, -0.1) is 0 Å². The van der Waals surface area contributed by atoms with Crippen LogP contribution in [0.3, 0.4) is 0 Å². The quantitative estimate of drug-likeness (QED) is 0.616. The van der Waals surface area contributed by atoms with Crippen molar-refractivity contribution < 1.29 is 45.4 Å². The molecule has 8 nitrogen and oxygen atoms in total. The molecule has 0 aliphatic carbocycles. The van der Waals surface area contributed by atoms with Crippen molar-refractivity contribution in [2.45, 2.75) is 24.4 Å². The number of carboxylic acid groups (broad SMARTS) is 1. The fraction of sp³-hybridized carbons (Fsp3) is 0.619. The molecule has 190 valence electrons. The Morgan fingerprint density at radius 1 is 1.09 bits per heavy atom. The molecular formula is C21H26F4N2O6S. The standard InChI is InChI=1S/C19H25FN2O4S.C2HF3O2/c20-15-3-1-14(2-4-15)11-21-12-17-16(5-10-27(24,25)18(17)13-21)19(23)22-6-8-26-9-7-22;3-2(4,5)1(6)7/h1-4,16-18H,5-13H2;(H,6,7)/t16-,17-,18-;/m1./s1. The summed E-state index contributed by atoms with van der Waals surface area (Å²) in [6, 6.07) is 6.28. The van der Waals surface area contributed by atoms with Crippen LogP contribution in [0.15, 0.2) is 24.3 Å². The smallest absolute Gasteiger partial charge is 0.475 e. The minimum absolute atomic E-state index is 0.0758. The van der Waals surface area contributed by atoms with Crippen molar-refractivity contribution in [1.29, 1.82) is 0 Å². The molecule has 0 aromatic heterocycles. The minimum atomic E-state index is -5.08. The molecular weight excluding hydrogens is 484 g/mol. The van der Waals surface area contributed by atoms with Gasteiger partial charge in [-0.3, -0.25) is 9.69 Å². The van der Waals surface area contributed by atoms with Gasteiger partial charge in [0.2, 0.25) is 5.91 Å². The van der Waals surface area contributed by atoms with E-state index in [0.29, 0.717) is 52.4 Å². The Morgan fingerprint density at radius 3 is 2.24 bits per heavy atom. The molecule has 0 unspecified atom stereocenters. The third-order valence-electron chi connectivity index (χ3n) is 6.28. The van der Waals surface area contributed by atoms with E-state index in [0.717, 1.165) is 5.56 Å². The van der Waals surface area contributed by atoms with Crippen LogP contribution in [-0.2, 0) is 30.7 Å². The van der Waals surface area contributed by atoms with E-state index >= 15 is 0 Å². The molecule has 3 saturated heterocycles. The van der Waals surface area contributed by atoms with E-state index in [1.165, 1.54) is 12.1 Å². The molecule has 0 saturated carbocycles. The number of amides is 1. The SMILES string of the molecule is O=C(O)C(F)(F)F.O=C([C@@H]1CCS(=O)(=O)[C@@H]2CN(Cc3ccc(F)cc3)C[C@@H]21)N1CCOCC1. The number of ether oxygens (including phenoxy) is 1. The van der Waals surface area contributed by atoms with Crippen LogP contribution in [0.1, 0.15) is 12.0 Å². The Morgan fingerprint density at radius 2 is 1.68 bits per heavy atom. The van der Waals surface area contributed by atoms with Crippen molar-refractivity contribution in [2.75, 3.05) is 45.1 Å². The molecule has 34 heavy (non-hydrogen) atoms. The Labute approximate surface area is 194 Å². The van der Waals surface area contributed by atoms with Crippen molar-refractivity contribution >= 4 is 21.7 Å². The first-order chi connectivity index (χ1) is 15.9. The number of likely N-dealkylation sites (tertiary alicyclic amines) is 1. The zero-order chi connectivity index (χ0) is 25.1. The summed E-state index contributed by atoms with van der Waals surface area (Å²) < 4.78 is 75.4. The van der Waals surface area contributed by atoms with Gasteiger partial charge in [-0.25, -0.2) is 17.6 Å². The van der Waals surface area contributed by atoms with Gasteiger partial charge in [0.05, 0.1) is 24.2 Å². The number of fused-ring (bicyclic) bond motifs is 1. The third kappa shape index (κ3) is 6.45. The van der Waals surface area contributed by atoms with Crippen molar-refractivity contribution in [1.82, 2.24) is 9.80 Å². The van der Waals surface area contributed by atoms with E-state index < -0.39 is 27.2 Å². The van der Waals surface area contributed by atoms with Crippen LogP contribution in [-0.4, -0.2) is 91.8 Å². The average Bonchev–Trinajstić information content (AvgIpc) is 3.20. The van der Waals surface area contributed by atoms with Gasteiger partial charge < -0.3 is 14.7 Å². The maximum atomic E-state index is 13.1. The van der Waals surface area contributed by atoms with E-state index in [1.807, 2.05) is 4.90 Å². The van der Waals surface area contributed by atoms with Crippen LogP contribution in [0.25, 0.3) is 0 Å². The average molecular weight is 511 g/mol. The van der Waals surface area contributed by atoms with E-state index in [1.54, 1.807) is 12.1 Å². The maximum Gasteiger partial charge on any atom is 0.490 e. The topological polar surface area (TPSA) is 104 Å². The van der Waals surface area contributed by atoms with Gasteiger partial charge in [0, 0.05) is 44.6 Å². The molecule has 3 aliphatic heterocycles. The predicted octanol–water partition coefficient (Wildman–Crippen LogP) is 1.55. The number of alkyl halides is 3. The third-order valence-corrected chi connectivity index (χ3v) is 8.50. The lowest BCUT2D eigenvalue weighted by Crippen LogP contribution is -2.50. The summed E-state index contributed by atoms with van der Waals surface area (Å²) in [5, 5.41) is 6.64. The van der Waals surface area contributed by atoms with Crippen LogP contribution in [0.4, 0.5) is 17.6 Å². The second-order valence-electron chi connectivity index (χ2n) is 8.53. The van der Waals surface area contributed by atoms with Gasteiger partial charge in [0.15, 0.2) is 9.84 Å². The molecule has 1 aromatic carbocycles. The van der Waals surface area contributed by atoms with E-state index in [9.17, 15) is 30.8 Å². The van der Waals surface area contributed by atoms with E-state index in [-0.39, 0.29) is 29.3 Å². The summed E-state index contributed by atoms with van der Waals surface area (Å²) in [5.41, 5.74) is 0.948. The van der Waals surface area contributed by atoms with Gasteiger partial charge in [-0.05, 0) is 24.1 Å². The molecule has 3 atom stereocenters. The summed E-state index contributed by atoms with van der Waals surface area (Å²) >= 11 is 0. The van der Waals surface area contributed by atoms with Crippen LogP contribution < -0.4 is 0 Å². The lowest BCUT2D eigenvalue weighted by molar-refractivity contribution is -0.192. The van der Waals surface area contributed by atoms with Gasteiger partial charge >= 0.3 is 12.1 Å². The molecule has 13 heteroatoms. The van der Waals surface area contributed by atoms with E-state index in [2.05, 4.69) is 4.90 Å². The normalized spacial score (nSPS) is 26.8. The predicted molar refractivity (Wildman–Crippen MR) is 112 cm³/mol. The van der Waals surface area contributed by atoms with Crippen LogP contribution >= 0.6 is 0 Å². The monoisotopic (exact) mass is 510 g/mol. The number of hydrogen-bond donors (Lipinski definition) is 1. The number of aliphatic carboxylic acids is 1. The lowest BCUT2D eigenvalue weighted by Gasteiger charge is -2.36. The molecule has 0 radical (unpaired) electrons. The zero-order valence-electron chi connectivity index (χ0n) is 18.2. The summed E-state index contributed by atoms with van der Waals surface area (Å²) in [6.45, 7) is 3.85. The van der Waals surface area contributed by atoms with Crippen LogP contribution in [0.5, 0.6) is 0 Å². The highest BCUT2D eigenvalue weighted by atomic mass is 32.2. The molecule has 0 spiro atoms. The highest BCUT2D eigenvalue weighted by Gasteiger charge is 2.51. The number of carbonyl (C=O) groups excluding carboxylic acids is 1. The molecule has 3 heterocycles. The summed E-state index contributed by atoms with van der Waals surface area (Å²) in [5.74, 6) is -3.29. The second-order valence-corrected chi connectivity index (χ2v) is 10.9. The Hall–Kier alpha value is -2.25. The van der Waals surface area contributed by atoms with Crippen LogP contribution in [0.2, 0.25) is 0 Å². The Kier molecular flexibility index (Phi) is 8.19. The van der Waals surface area contributed by atoms with Gasteiger partial charge in [-0.2, -0.15) is 13.2 Å². The van der Waals surface area contributed by atoms with Gasteiger partial charge in [0.25, 0.3) is 0 Å².